The van der Waals surface area contributed by atoms with Crippen molar-refractivity contribution in [1.29, 1.82) is 0 Å². The molecule has 0 radical (unpaired) electrons. The lowest BCUT2D eigenvalue weighted by Crippen LogP contribution is -2.26. The second kappa shape index (κ2) is 8.73. The van der Waals surface area contributed by atoms with Crippen molar-refractivity contribution in [1.82, 2.24) is 9.97 Å². The summed E-state index contributed by atoms with van der Waals surface area (Å²) >= 11 is 3.66. The van der Waals surface area contributed by atoms with Crippen molar-refractivity contribution in [2.24, 2.45) is 0 Å². The molecule has 4 nitrogen and oxygen atoms in total. The molecule has 21 heavy (non-hydrogen) atoms. The molecule has 1 saturated carbocycles. The third-order valence-electron chi connectivity index (χ3n) is 3.61. The highest BCUT2D eigenvalue weighted by Gasteiger charge is 2.27. The number of rotatable bonds is 8. The van der Waals surface area contributed by atoms with Crippen LogP contribution in [0.1, 0.15) is 39.5 Å². The lowest BCUT2D eigenvalue weighted by atomic mass is 10.2. The Kier molecular flexibility index (Phi) is 6.96. The molecular formula is C15H26N4S2. The van der Waals surface area contributed by atoms with Gasteiger partial charge in [0.1, 0.15) is 11.6 Å². The van der Waals surface area contributed by atoms with E-state index in [9.17, 15) is 0 Å². The Hall–Kier alpha value is -0.620. The zero-order chi connectivity index (χ0) is 15.1. The summed E-state index contributed by atoms with van der Waals surface area (Å²) in [6.45, 7) is 5.35. The van der Waals surface area contributed by atoms with Crippen molar-refractivity contribution in [2.75, 3.05) is 29.2 Å². The molecule has 0 amide bonds. The van der Waals surface area contributed by atoms with Crippen LogP contribution in [0, 0.1) is 0 Å². The zero-order valence-electron chi connectivity index (χ0n) is 13.2. The number of anilines is 2. The van der Waals surface area contributed by atoms with Crippen LogP contribution in [-0.2, 0) is 0 Å². The molecule has 0 saturated heterocycles. The van der Waals surface area contributed by atoms with E-state index in [2.05, 4.69) is 46.2 Å². The third-order valence-corrected chi connectivity index (χ3v) is 5.48. The maximum Gasteiger partial charge on any atom is 0.191 e. The first-order valence-electron chi connectivity index (χ1n) is 7.81. The van der Waals surface area contributed by atoms with Crippen LogP contribution < -0.4 is 10.6 Å². The number of hydrogen-bond acceptors (Lipinski definition) is 6. The summed E-state index contributed by atoms with van der Waals surface area (Å²) in [7, 11) is 0. The number of nitrogens with one attached hydrogen (secondary N) is 2. The van der Waals surface area contributed by atoms with Crippen molar-refractivity contribution in [3.63, 3.8) is 0 Å². The monoisotopic (exact) mass is 326 g/mol. The molecule has 2 N–H and O–H groups in total. The molecule has 0 aliphatic heterocycles. The molecule has 1 aliphatic rings. The number of hydrogen-bond donors (Lipinski definition) is 2. The van der Waals surface area contributed by atoms with Gasteiger partial charge in [0.05, 0.1) is 0 Å². The topological polar surface area (TPSA) is 49.8 Å². The quantitative estimate of drug-likeness (QED) is 0.554. The fraction of sp³-hybridized carbons (Fsp3) is 0.733. The Morgan fingerprint density at radius 2 is 2.05 bits per heavy atom. The first kappa shape index (κ1) is 16.7. The largest absolute Gasteiger partial charge is 0.370 e. The SMILES string of the molecule is CCCNc1cc(NC2CCCC2SCC)nc(SC)n1. The average Bonchev–Trinajstić information content (AvgIpc) is 2.92. The molecule has 0 aromatic carbocycles. The van der Waals surface area contributed by atoms with Gasteiger partial charge in [-0.15, -0.1) is 0 Å². The van der Waals surface area contributed by atoms with Gasteiger partial charge in [0.15, 0.2) is 5.16 Å². The van der Waals surface area contributed by atoms with Crippen LogP contribution in [0.25, 0.3) is 0 Å². The van der Waals surface area contributed by atoms with E-state index in [0.29, 0.717) is 6.04 Å². The molecule has 2 unspecified atom stereocenters. The van der Waals surface area contributed by atoms with E-state index in [4.69, 9.17) is 0 Å². The van der Waals surface area contributed by atoms with E-state index in [1.54, 1.807) is 11.8 Å². The summed E-state index contributed by atoms with van der Waals surface area (Å²) in [6, 6.07) is 2.58. The number of nitrogens with zero attached hydrogens (tertiary/aromatic N) is 2. The minimum Gasteiger partial charge on any atom is -0.370 e. The maximum atomic E-state index is 4.61. The lowest BCUT2D eigenvalue weighted by Gasteiger charge is -2.21. The summed E-state index contributed by atoms with van der Waals surface area (Å²) in [5.74, 6) is 3.07. The highest BCUT2D eigenvalue weighted by molar-refractivity contribution is 7.99. The third kappa shape index (κ3) is 4.95. The first-order chi connectivity index (χ1) is 10.3. The van der Waals surface area contributed by atoms with Gasteiger partial charge in [-0.05, 0) is 31.3 Å². The standard InChI is InChI=1S/C15H26N4S2/c1-4-9-16-13-10-14(19-15(18-13)20-3)17-11-7-6-8-12(11)21-5-2/h10-12H,4-9H2,1-3H3,(H2,16,17,18,19). The molecule has 6 heteroatoms. The maximum absolute atomic E-state index is 4.61. The van der Waals surface area contributed by atoms with Crippen molar-refractivity contribution < 1.29 is 0 Å². The summed E-state index contributed by atoms with van der Waals surface area (Å²) in [4.78, 5) is 9.12. The molecule has 118 valence electrons. The highest BCUT2D eigenvalue weighted by Crippen LogP contribution is 2.32. The van der Waals surface area contributed by atoms with E-state index in [0.717, 1.165) is 35.0 Å². The van der Waals surface area contributed by atoms with E-state index < -0.39 is 0 Å². The summed E-state index contributed by atoms with van der Waals surface area (Å²) in [6.07, 6.45) is 7.00. The van der Waals surface area contributed by atoms with E-state index in [1.807, 2.05) is 12.3 Å². The molecule has 1 heterocycles. The van der Waals surface area contributed by atoms with E-state index in [-0.39, 0.29) is 0 Å². The van der Waals surface area contributed by atoms with Crippen LogP contribution >= 0.6 is 23.5 Å². The summed E-state index contributed by atoms with van der Waals surface area (Å²) < 4.78 is 0. The Balaban J connectivity index is 2.07. The smallest absolute Gasteiger partial charge is 0.191 e. The van der Waals surface area contributed by atoms with Crippen molar-refractivity contribution in [2.45, 2.75) is 56.0 Å². The Labute approximate surface area is 136 Å². The Morgan fingerprint density at radius 3 is 2.76 bits per heavy atom. The molecule has 2 atom stereocenters. The van der Waals surface area contributed by atoms with Gasteiger partial charge in [0.25, 0.3) is 0 Å². The highest BCUT2D eigenvalue weighted by atomic mass is 32.2. The van der Waals surface area contributed by atoms with Crippen molar-refractivity contribution in [3.05, 3.63) is 6.07 Å². The summed E-state index contributed by atoms with van der Waals surface area (Å²) in [5.41, 5.74) is 0. The molecule has 2 rings (SSSR count). The minimum absolute atomic E-state index is 0.540. The van der Waals surface area contributed by atoms with E-state index in [1.165, 1.54) is 25.0 Å². The normalized spacial score (nSPS) is 21.5. The van der Waals surface area contributed by atoms with Gasteiger partial charge >= 0.3 is 0 Å². The van der Waals surface area contributed by atoms with Gasteiger partial charge in [-0.2, -0.15) is 11.8 Å². The van der Waals surface area contributed by atoms with Gasteiger partial charge in [-0.1, -0.05) is 32.0 Å². The minimum atomic E-state index is 0.540. The lowest BCUT2D eigenvalue weighted by molar-refractivity contribution is 0.757. The molecular weight excluding hydrogens is 300 g/mol. The predicted octanol–water partition coefficient (Wildman–Crippen LogP) is 4.11. The fourth-order valence-corrected chi connectivity index (χ4v) is 4.21. The van der Waals surface area contributed by atoms with Crippen LogP contribution in [-0.4, -0.2) is 39.8 Å². The first-order valence-corrected chi connectivity index (χ1v) is 10.1. The van der Waals surface area contributed by atoms with Gasteiger partial charge in [-0.3, -0.25) is 0 Å². The van der Waals surface area contributed by atoms with Crippen LogP contribution in [0.15, 0.2) is 11.2 Å². The van der Waals surface area contributed by atoms with Crippen LogP contribution in [0.3, 0.4) is 0 Å². The van der Waals surface area contributed by atoms with Gasteiger partial charge in [0.2, 0.25) is 0 Å². The Morgan fingerprint density at radius 1 is 1.24 bits per heavy atom. The Bertz CT molecular complexity index is 442. The van der Waals surface area contributed by atoms with E-state index >= 15 is 0 Å². The second-order valence-corrected chi connectivity index (χ2v) is 7.52. The van der Waals surface area contributed by atoms with Crippen LogP contribution in [0.2, 0.25) is 0 Å². The molecule has 1 aromatic rings. The van der Waals surface area contributed by atoms with Crippen LogP contribution in [0.4, 0.5) is 11.6 Å². The predicted molar refractivity (Wildman–Crippen MR) is 95.8 cm³/mol. The average molecular weight is 327 g/mol. The van der Waals surface area contributed by atoms with Gasteiger partial charge in [0, 0.05) is 23.9 Å². The summed E-state index contributed by atoms with van der Waals surface area (Å²) in [5, 5.41) is 8.55. The second-order valence-electron chi connectivity index (χ2n) is 5.23. The molecule has 1 aromatic heterocycles. The fourth-order valence-electron chi connectivity index (χ4n) is 2.63. The van der Waals surface area contributed by atoms with Crippen molar-refractivity contribution in [3.8, 4) is 0 Å². The zero-order valence-corrected chi connectivity index (χ0v) is 14.8. The molecule has 1 aliphatic carbocycles. The molecule has 0 bridgehead atoms. The van der Waals surface area contributed by atoms with Crippen molar-refractivity contribution >= 4 is 35.2 Å². The van der Waals surface area contributed by atoms with Gasteiger partial charge < -0.3 is 10.6 Å². The van der Waals surface area contributed by atoms with Gasteiger partial charge in [-0.25, -0.2) is 9.97 Å². The van der Waals surface area contributed by atoms with Crippen LogP contribution in [0.5, 0.6) is 0 Å². The molecule has 0 spiro atoms. The number of aromatic nitrogens is 2. The molecule has 1 fully saturated rings. The number of thioether (sulfide) groups is 2.